The number of benzene rings is 1. The van der Waals surface area contributed by atoms with Crippen molar-refractivity contribution in [3.8, 4) is 11.5 Å². The van der Waals surface area contributed by atoms with E-state index in [1.165, 1.54) is 10.4 Å². The minimum atomic E-state index is 0.711. The first kappa shape index (κ1) is 19.1. The molecule has 2 aromatic rings. The summed E-state index contributed by atoms with van der Waals surface area (Å²) < 4.78 is 10.6. The Hall–Kier alpha value is -2.21. The van der Waals surface area contributed by atoms with Gasteiger partial charge in [0, 0.05) is 18.0 Å². The van der Waals surface area contributed by atoms with Gasteiger partial charge in [0.05, 0.1) is 20.8 Å². The smallest absolute Gasteiger partial charge is 0.191 e. The van der Waals surface area contributed by atoms with E-state index >= 15 is 0 Å². The summed E-state index contributed by atoms with van der Waals surface area (Å²) in [5.74, 6) is 2.40. The van der Waals surface area contributed by atoms with E-state index in [4.69, 9.17) is 9.47 Å². The lowest BCUT2D eigenvalue weighted by Gasteiger charge is -2.12. The van der Waals surface area contributed by atoms with Crippen molar-refractivity contribution in [2.24, 2.45) is 4.99 Å². The van der Waals surface area contributed by atoms with Crippen molar-refractivity contribution in [3.05, 3.63) is 46.2 Å². The van der Waals surface area contributed by atoms with Gasteiger partial charge in [0.15, 0.2) is 17.5 Å². The molecule has 0 atom stereocenters. The number of hydrogen-bond donors (Lipinski definition) is 2. The zero-order chi connectivity index (χ0) is 17.9. The second-order valence-corrected chi connectivity index (χ2v) is 6.53. The summed E-state index contributed by atoms with van der Waals surface area (Å²) in [4.78, 5) is 5.89. The van der Waals surface area contributed by atoms with E-state index in [0.29, 0.717) is 6.54 Å². The first-order chi connectivity index (χ1) is 12.3. The number of ether oxygens (including phenoxy) is 2. The molecule has 6 heteroatoms. The highest BCUT2D eigenvalue weighted by Gasteiger charge is 2.04. The lowest BCUT2D eigenvalue weighted by Crippen LogP contribution is -2.37. The second kappa shape index (κ2) is 10.6. The number of nitrogens with one attached hydrogen (secondary N) is 2. The number of nitrogens with zero attached hydrogens (tertiary/aromatic N) is 1. The number of aryl methyl sites for hydroxylation is 1. The summed E-state index contributed by atoms with van der Waals surface area (Å²) in [7, 11) is 3.31. The Morgan fingerprint density at radius 3 is 2.64 bits per heavy atom. The molecule has 0 aliphatic carbocycles. The summed E-state index contributed by atoms with van der Waals surface area (Å²) in [5.41, 5.74) is 1.24. The Morgan fingerprint density at radius 2 is 1.96 bits per heavy atom. The normalized spacial score (nSPS) is 11.2. The molecule has 0 aliphatic heterocycles. The van der Waals surface area contributed by atoms with Crippen LogP contribution in [0.15, 0.2) is 40.7 Å². The van der Waals surface area contributed by atoms with Crippen LogP contribution in [0.25, 0.3) is 0 Å². The number of methoxy groups -OCH3 is 2. The molecule has 0 radical (unpaired) electrons. The summed E-state index contributed by atoms with van der Waals surface area (Å²) in [5, 5.41) is 8.75. The van der Waals surface area contributed by atoms with Gasteiger partial charge >= 0.3 is 0 Å². The molecular weight excluding hydrogens is 334 g/mol. The third-order valence-corrected chi connectivity index (χ3v) is 4.56. The molecule has 0 amide bonds. The van der Waals surface area contributed by atoms with Crippen LogP contribution in [0, 0.1) is 0 Å². The molecule has 2 N–H and O–H groups in total. The van der Waals surface area contributed by atoms with E-state index in [9.17, 15) is 0 Å². The number of thiophene rings is 1. The van der Waals surface area contributed by atoms with Crippen molar-refractivity contribution in [2.75, 3.05) is 27.3 Å². The van der Waals surface area contributed by atoms with Gasteiger partial charge in [0.1, 0.15) is 0 Å². The van der Waals surface area contributed by atoms with Crippen LogP contribution < -0.4 is 20.1 Å². The van der Waals surface area contributed by atoms with E-state index in [1.807, 2.05) is 12.1 Å². The third kappa shape index (κ3) is 6.31. The standard InChI is InChI=1S/C19H27N3O2S/c1-4-20-19(22-14-16-8-6-12-25-16)21-11-5-7-15-9-10-17(23-2)18(13-15)24-3/h6,8-10,12-13H,4-5,7,11,14H2,1-3H3,(H2,20,21,22). The van der Waals surface area contributed by atoms with Gasteiger partial charge in [-0.2, -0.15) is 0 Å². The molecular formula is C19H27N3O2S. The zero-order valence-electron chi connectivity index (χ0n) is 15.2. The van der Waals surface area contributed by atoms with E-state index in [1.54, 1.807) is 25.6 Å². The predicted molar refractivity (Wildman–Crippen MR) is 105 cm³/mol. The van der Waals surface area contributed by atoms with Crippen LogP contribution in [0.4, 0.5) is 0 Å². The lowest BCUT2D eigenvalue weighted by molar-refractivity contribution is 0.354. The molecule has 0 aliphatic rings. The molecule has 1 heterocycles. The highest BCUT2D eigenvalue weighted by atomic mass is 32.1. The SMILES string of the molecule is CCNC(=NCc1cccs1)NCCCc1ccc(OC)c(OC)c1. The Bertz CT molecular complexity index is 657. The number of aliphatic imine (C=N–C) groups is 1. The van der Waals surface area contributed by atoms with Crippen LogP contribution >= 0.6 is 11.3 Å². The number of guanidine groups is 1. The maximum absolute atomic E-state index is 5.35. The maximum atomic E-state index is 5.35. The second-order valence-electron chi connectivity index (χ2n) is 5.49. The molecule has 1 aromatic heterocycles. The third-order valence-electron chi connectivity index (χ3n) is 3.70. The lowest BCUT2D eigenvalue weighted by atomic mass is 10.1. The first-order valence-corrected chi connectivity index (χ1v) is 9.40. The Labute approximate surface area is 154 Å². The van der Waals surface area contributed by atoms with Crippen LogP contribution in [-0.4, -0.2) is 33.3 Å². The van der Waals surface area contributed by atoms with Crippen molar-refractivity contribution < 1.29 is 9.47 Å². The van der Waals surface area contributed by atoms with E-state index in [2.05, 4.69) is 46.1 Å². The fourth-order valence-corrected chi connectivity index (χ4v) is 3.06. The molecule has 2 rings (SSSR count). The zero-order valence-corrected chi connectivity index (χ0v) is 16.0. The number of rotatable bonds is 9. The monoisotopic (exact) mass is 361 g/mol. The van der Waals surface area contributed by atoms with Crippen LogP contribution in [-0.2, 0) is 13.0 Å². The molecule has 0 saturated carbocycles. The molecule has 136 valence electrons. The molecule has 0 saturated heterocycles. The minimum Gasteiger partial charge on any atom is -0.493 e. The van der Waals surface area contributed by atoms with Crippen molar-refractivity contribution >= 4 is 17.3 Å². The van der Waals surface area contributed by atoms with Crippen LogP contribution in [0.3, 0.4) is 0 Å². The fraction of sp³-hybridized carbons (Fsp3) is 0.421. The average molecular weight is 362 g/mol. The molecule has 0 fully saturated rings. The summed E-state index contributed by atoms with van der Waals surface area (Å²) in [6, 6.07) is 10.2. The van der Waals surface area contributed by atoms with E-state index in [-0.39, 0.29) is 0 Å². The largest absolute Gasteiger partial charge is 0.493 e. The van der Waals surface area contributed by atoms with Crippen LogP contribution in [0.5, 0.6) is 11.5 Å². The Balaban J connectivity index is 1.80. The van der Waals surface area contributed by atoms with Crippen molar-refractivity contribution in [1.29, 1.82) is 0 Å². The molecule has 5 nitrogen and oxygen atoms in total. The highest BCUT2D eigenvalue weighted by molar-refractivity contribution is 7.09. The van der Waals surface area contributed by atoms with Gasteiger partial charge in [-0.1, -0.05) is 12.1 Å². The van der Waals surface area contributed by atoms with Crippen molar-refractivity contribution in [3.63, 3.8) is 0 Å². The molecule has 0 spiro atoms. The molecule has 25 heavy (non-hydrogen) atoms. The van der Waals surface area contributed by atoms with Gasteiger partial charge in [-0.05, 0) is 48.9 Å². The molecule has 1 aromatic carbocycles. The van der Waals surface area contributed by atoms with Gasteiger partial charge in [0.25, 0.3) is 0 Å². The van der Waals surface area contributed by atoms with Crippen molar-refractivity contribution in [1.82, 2.24) is 10.6 Å². The predicted octanol–water partition coefficient (Wildman–Crippen LogP) is 3.45. The van der Waals surface area contributed by atoms with Gasteiger partial charge in [0.2, 0.25) is 0 Å². The summed E-state index contributed by atoms with van der Waals surface area (Å²) >= 11 is 1.73. The Morgan fingerprint density at radius 1 is 1.12 bits per heavy atom. The van der Waals surface area contributed by atoms with E-state index in [0.717, 1.165) is 43.4 Å². The molecule has 0 unspecified atom stereocenters. The van der Waals surface area contributed by atoms with Gasteiger partial charge in [-0.15, -0.1) is 11.3 Å². The minimum absolute atomic E-state index is 0.711. The van der Waals surface area contributed by atoms with Gasteiger partial charge < -0.3 is 20.1 Å². The highest BCUT2D eigenvalue weighted by Crippen LogP contribution is 2.27. The van der Waals surface area contributed by atoms with Gasteiger partial charge in [-0.25, -0.2) is 4.99 Å². The molecule has 0 bridgehead atoms. The van der Waals surface area contributed by atoms with Crippen LogP contribution in [0.2, 0.25) is 0 Å². The quantitative estimate of drug-likeness (QED) is 0.408. The average Bonchev–Trinajstić information content (AvgIpc) is 3.16. The topological polar surface area (TPSA) is 54.9 Å². The number of hydrogen-bond acceptors (Lipinski definition) is 4. The Kier molecular flexibility index (Phi) is 8.12. The van der Waals surface area contributed by atoms with Crippen molar-refractivity contribution in [2.45, 2.75) is 26.3 Å². The van der Waals surface area contributed by atoms with Gasteiger partial charge in [-0.3, -0.25) is 0 Å². The maximum Gasteiger partial charge on any atom is 0.191 e. The first-order valence-electron chi connectivity index (χ1n) is 8.52. The van der Waals surface area contributed by atoms with Crippen LogP contribution in [0.1, 0.15) is 23.8 Å². The van der Waals surface area contributed by atoms with E-state index < -0.39 is 0 Å². The fourth-order valence-electron chi connectivity index (χ4n) is 2.44. The summed E-state index contributed by atoms with van der Waals surface area (Å²) in [6.45, 7) is 4.51. The summed E-state index contributed by atoms with van der Waals surface area (Å²) in [6.07, 6.45) is 1.98.